The lowest BCUT2D eigenvalue weighted by Gasteiger charge is -2.34. The van der Waals surface area contributed by atoms with Crippen molar-refractivity contribution in [1.82, 2.24) is 10.1 Å². The fraction of sp³-hybridized carbons (Fsp3) is 0.500. The van der Waals surface area contributed by atoms with Gasteiger partial charge in [0, 0.05) is 39.4 Å². The lowest BCUT2D eigenvalue weighted by molar-refractivity contribution is 0.0697. The van der Waals surface area contributed by atoms with Crippen molar-refractivity contribution in [2.45, 2.75) is 12.8 Å². The number of carboxylic acids is 1. The SMILES string of the molecule is COCCN1CCCC(CN(C)c2noc(-c3ccccc3)c2C(=O)O)C1. The summed E-state index contributed by atoms with van der Waals surface area (Å²) in [7, 11) is 3.60. The third-order valence-electron chi connectivity index (χ3n) is 5.03. The molecule has 2 aromatic rings. The predicted octanol–water partition coefficient (Wildman–Crippen LogP) is 2.83. The Balaban J connectivity index is 1.74. The molecule has 0 amide bonds. The molecule has 0 bridgehead atoms. The van der Waals surface area contributed by atoms with E-state index in [1.807, 2.05) is 42.3 Å². The number of ether oxygens (including phenoxy) is 1. The van der Waals surface area contributed by atoms with Gasteiger partial charge in [0.2, 0.25) is 0 Å². The van der Waals surface area contributed by atoms with E-state index in [9.17, 15) is 9.90 Å². The first-order chi connectivity index (χ1) is 13.1. The van der Waals surface area contributed by atoms with Crippen LogP contribution in [0.5, 0.6) is 0 Å². The highest BCUT2D eigenvalue weighted by atomic mass is 16.5. The largest absolute Gasteiger partial charge is 0.477 e. The van der Waals surface area contributed by atoms with Gasteiger partial charge >= 0.3 is 5.97 Å². The van der Waals surface area contributed by atoms with Gasteiger partial charge in [-0.15, -0.1) is 0 Å². The lowest BCUT2D eigenvalue weighted by Crippen LogP contribution is -2.41. The smallest absolute Gasteiger partial charge is 0.343 e. The second kappa shape index (κ2) is 9.01. The number of carboxylic acid groups (broad SMARTS) is 1. The summed E-state index contributed by atoms with van der Waals surface area (Å²) in [6, 6.07) is 9.23. The molecule has 0 spiro atoms. The summed E-state index contributed by atoms with van der Waals surface area (Å²) >= 11 is 0. The molecule has 146 valence electrons. The van der Waals surface area contributed by atoms with Gasteiger partial charge in [0.1, 0.15) is 0 Å². The van der Waals surface area contributed by atoms with Gasteiger partial charge in [-0.1, -0.05) is 35.5 Å². The van der Waals surface area contributed by atoms with Crippen LogP contribution in [-0.4, -0.2) is 68.1 Å². The summed E-state index contributed by atoms with van der Waals surface area (Å²) in [4.78, 5) is 16.2. The number of benzene rings is 1. The van der Waals surface area contributed by atoms with Crippen molar-refractivity contribution >= 4 is 11.8 Å². The zero-order chi connectivity index (χ0) is 19.2. The molecule has 0 radical (unpaired) electrons. The Morgan fingerprint density at radius 1 is 1.41 bits per heavy atom. The summed E-state index contributed by atoms with van der Waals surface area (Å²) in [5, 5.41) is 13.8. The van der Waals surface area contributed by atoms with Gasteiger partial charge in [0.25, 0.3) is 0 Å². The molecule has 1 aliphatic rings. The maximum absolute atomic E-state index is 11.9. The molecule has 1 unspecified atom stereocenters. The number of carbonyl (C=O) groups is 1. The van der Waals surface area contributed by atoms with Gasteiger partial charge in [-0.25, -0.2) is 4.79 Å². The number of likely N-dealkylation sites (tertiary alicyclic amines) is 1. The van der Waals surface area contributed by atoms with Gasteiger partial charge in [-0.2, -0.15) is 0 Å². The van der Waals surface area contributed by atoms with Crippen molar-refractivity contribution < 1.29 is 19.2 Å². The highest BCUT2D eigenvalue weighted by Gasteiger charge is 2.28. The van der Waals surface area contributed by atoms with Crippen LogP contribution >= 0.6 is 0 Å². The molecule has 1 fully saturated rings. The molecular weight excluding hydrogens is 346 g/mol. The summed E-state index contributed by atoms with van der Waals surface area (Å²) in [5.74, 6) is 0.118. The summed E-state index contributed by atoms with van der Waals surface area (Å²) in [5.41, 5.74) is 0.834. The minimum Gasteiger partial charge on any atom is -0.477 e. The molecule has 2 heterocycles. The molecule has 1 aromatic carbocycles. The number of anilines is 1. The van der Waals surface area contributed by atoms with Crippen LogP contribution in [0.25, 0.3) is 11.3 Å². The fourth-order valence-corrected chi connectivity index (χ4v) is 3.72. The summed E-state index contributed by atoms with van der Waals surface area (Å²) in [6.45, 7) is 4.48. The molecule has 7 nitrogen and oxygen atoms in total. The number of hydrogen-bond acceptors (Lipinski definition) is 6. The van der Waals surface area contributed by atoms with E-state index < -0.39 is 5.97 Å². The summed E-state index contributed by atoms with van der Waals surface area (Å²) in [6.07, 6.45) is 2.27. The van der Waals surface area contributed by atoms with Crippen LogP contribution in [0.1, 0.15) is 23.2 Å². The molecular formula is C20H27N3O4. The monoisotopic (exact) mass is 373 g/mol. The molecule has 1 aromatic heterocycles. The Morgan fingerprint density at radius 3 is 2.89 bits per heavy atom. The van der Waals surface area contributed by atoms with Crippen LogP contribution < -0.4 is 4.90 Å². The van der Waals surface area contributed by atoms with Gasteiger partial charge in [-0.05, 0) is 25.3 Å². The number of piperidine rings is 1. The molecule has 27 heavy (non-hydrogen) atoms. The van der Waals surface area contributed by atoms with Gasteiger partial charge in [-0.3, -0.25) is 0 Å². The average molecular weight is 373 g/mol. The van der Waals surface area contributed by atoms with E-state index in [0.717, 1.165) is 45.6 Å². The molecule has 0 aliphatic carbocycles. The predicted molar refractivity (Wildman–Crippen MR) is 103 cm³/mol. The van der Waals surface area contributed by atoms with E-state index in [1.54, 1.807) is 7.11 Å². The molecule has 1 N–H and O–H groups in total. The van der Waals surface area contributed by atoms with Crippen molar-refractivity contribution in [3.63, 3.8) is 0 Å². The van der Waals surface area contributed by atoms with Crippen molar-refractivity contribution in [3.8, 4) is 11.3 Å². The normalized spacial score (nSPS) is 17.8. The van der Waals surface area contributed by atoms with E-state index in [0.29, 0.717) is 23.1 Å². The number of rotatable bonds is 8. The molecule has 7 heteroatoms. The third kappa shape index (κ3) is 4.67. The van der Waals surface area contributed by atoms with E-state index in [4.69, 9.17) is 9.26 Å². The van der Waals surface area contributed by atoms with Crippen molar-refractivity contribution in [2.75, 3.05) is 51.8 Å². The van der Waals surface area contributed by atoms with Crippen molar-refractivity contribution in [2.24, 2.45) is 5.92 Å². The van der Waals surface area contributed by atoms with Crippen LogP contribution in [0.3, 0.4) is 0 Å². The molecule has 1 aliphatic heterocycles. The van der Waals surface area contributed by atoms with E-state index in [2.05, 4.69) is 10.1 Å². The number of aromatic nitrogens is 1. The average Bonchev–Trinajstić information content (AvgIpc) is 3.13. The van der Waals surface area contributed by atoms with Gasteiger partial charge in [0.15, 0.2) is 17.1 Å². The summed E-state index contributed by atoms with van der Waals surface area (Å²) < 4.78 is 10.6. The Kier molecular flexibility index (Phi) is 6.47. The molecule has 0 saturated carbocycles. The van der Waals surface area contributed by atoms with Crippen LogP contribution in [-0.2, 0) is 4.74 Å². The number of hydrogen-bond donors (Lipinski definition) is 1. The van der Waals surface area contributed by atoms with Crippen LogP contribution in [0.2, 0.25) is 0 Å². The minimum absolute atomic E-state index is 0.121. The fourth-order valence-electron chi connectivity index (χ4n) is 3.72. The van der Waals surface area contributed by atoms with E-state index in [-0.39, 0.29) is 5.56 Å². The quantitative estimate of drug-likeness (QED) is 0.762. The first-order valence-corrected chi connectivity index (χ1v) is 9.31. The maximum atomic E-state index is 11.9. The van der Waals surface area contributed by atoms with E-state index in [1.165, 1.54) is 0 Å². The number of methoxy groups -OCH3 is 1. The third-order valence-corrected chi connectivity index (χ3v) is 5.03. The Labute approximate surface area is 159 Å². The standard InChI is InChI=1S/C20H27N3O4/c1-22(13-15-7-6-10-23(14-15)11-12-26-2)19-17(20(24)25)18(27-21-19)16-8-4-3-5-9-16/h3-5,8-9,15H,6-7,10-14H2,1-2H3,(H,24,25). The maximum Gasteiger partial charge on any atom is 0.343 e. The van der Waals surface area contributed by atoms with Crippen LogP contribution in [0.4, 0.5) is 5.82 Å². The Bertz CT molecular complexity index is 747. The highest BCUT2D eigenvalue weighted by Crippen LogP contribution is 2.31. The van der Waals surface area contributed by atoms with Crippen molar-refractivity contribution in [1.29, 1.82) is 0 Å². The number of nitrogens with zero attached hydrogens (tertiary/aromatic N) is 3. The topological polar surface area (TPSA) is 79.0 Å². The lowest BCUT2D eigenvalue weighted by atomic mass is 9.97. The minimum atomic E-state index is -1.03. The van der Waals surface area contributed by atoms with Crippen LogP contribution in [0, 0.1) is 5.92 Å². The van der Waals surface area contributed by atoms with Gasteiger partial charge < -0.3 is 24.2 Å². The second-order valence-electron chi connectivity index (χ2n) is 7.06. The van der Waals surface area contributed by atoms with Gasteiger partial charge in [0.05, 0.1) is 6.61 Å². The van der Waals surface area contributed by atoms with Crippen molar-refractivity contribution in [3.05, 3.63) is 35.9 Å². The van der Waals surface area contributed by atoms with E-state index >= 15 is 0 Å². The molecule has 1 atom stereocenters. The Morgan fingerprint density at radius 2 is 2.19 bits per heavy atom. The Hall–Kier alpha value is -2.38. The second-order valence-corrected chi connectivity index (χ2v) is 7.06. The first-order valence-electron chi connectivity index (χ1n) is 9.31. The number of aromatic carboxylic acids is 1. The first kappa shape index (κ1) is 19.4. The molecule has 3 rings (SSSR count). The highest BCUT2D eigenvalue weighted by molar-refractivity contribution is 5.99. The zero-order valence-electron chi connectivity index (χ0n) is 15.9. The zero-order valence-corrected chi connectivity index (χ0v) is 15.9. The van der Waals surface area contributed by atoms with Crippen LogP contribution in [0.15, 0.2) is 34.9 Å². The molecule has 1 saturated heterocycles.